The van der Waals surface area contributed by atoms with E-state index >= 15 is 0 Å². The molecule has 0 aromatic rings. The van der Waals surface area contributed by atoms with Crippen LogP contribution in [0.1, 0.15) is 58.8 Å². The quantitative estimate of drug-likeness (QED) is 0.323. The number of ether oxygens (including phenoxy) is 1. The second-order valence-corrected chi connectivity index (χ2v) is 5.89. The summed E-state index contributed by atoms with van der Waals surface area (Å²) in [5.74, 6) is 1.28. The molecule has 0 bridgehead atoms. The minimum absolute atomic E-state index is 0.521. The number of nitrogens with zero attached hydrogens (tertiary/aromatic N) is 1. The molecule has 4 nitrogen and oxygen atoms in total. The molecule has 1 saturated carbocycles. The molecule has 0 aromatic heterocycles. The van der Waals surface area contributed by atoms with Gasteiger partial charge in [-0.3, -0.25) is 4.99 Å². The van der Waals surface area contributed by atoms with Crippen LogP contribution in [-0.2, 0) is 4.74 Å². The zero-order valence-corrected chi connectivity index (χ0v) is 12.7. The van der Waals surface area contributed by atoms with E-state index in [9.17, 15) is 0 Å². The third kappa shape index (κ3) is 8.87. The van der Waals surface area contributed by atoms with Crippen molar-refractivity contribution in [2.45, 2.75) is 64.8 Å². The molecule has 0 saturated heterocycles. The van der Waals surface area contributed by atoms with E-state index < -0.39 is 0 Å². The maximum Gasteiger partial charge on any atom is 0.188 e. The summed E-state index contributed by atoms with van der Waals surface area (Å²) < 4.78 is 5.51. The van der Waals surface area contributed by atoms with Gasteiger partial charge in [-0.2, -0.15) is 0 Å². The molecule has 0 radical (unpaired) electrons. The Balaban J connectivity index is 2.07. The lowest BCUT2D eigenvalue weighted by Gasteiger charge is -2.16. The van der Waals surface area contributed by atoms with Crippen LogP contribution in [0.5, 0.6) is 0 Å². The molecular formula is C15H31N3O. The molecule has 0 heterocycles. The van der Waals surface area contributed by atoms with Crippen LogP contribution in [0.2, 0.25) is 0 Å². The van der Waals surface area contributed by atoms with Gasteiger partial charge in [0.2, 0.25) is 0 Å². The van der Waals surface area contributed by atoms with Crippen molar-refractivity contribution in [1.82, 2.24) is 5.32 Å². The van der Waals surface area contributed by atoms with Crippen molar-refractivity contribution in [2.24, 2.45) is 16.6 Å². The van der Waals surface area contributed by atoms with E-state index in [1.807, 2.05) is 0 Å². The Morgan fingerprint density at radius 3 is 2.53 bits per heavy atom. The van der Waals surface area contributed by atoms with Crippen molar-refractivity contribution in [3.05, 3.63) is 0 Å². The summed E-state index contributed by atoms with van der Waals surface area (Å²) in [6.45, 7) is 6.55. The molecular weight excluding hydrogens is 238 g/mol. The Morgan fingerprint density at radius 1 is 1.21 bits per heavy atom. The summed E-state index contributed by atoms with van der Waals surface area (Å²) in [5.41, 5.74) is 5.90. The van der Waals surface area contributed by atoms with Gasteiger partial charge in [0, 0.05) is 12.6 Å². The van der Waals surface area contributed by atoms with Crippen molar-refractivity contribution in [2.75, 3.05) is 19.8 Å². The van der Waals surface area contributed by atoms with Crippen LogP contribution in [0, 0.1) is 5.92 Å². The van der Waals surface area contributed by atoms with Gasteiger partial charge in [0.1, 0.15) is 0 Å². The van der Waals surface area contributed by atoms with Crippen LogP contribution in [-0.4, -0.2) is 31.8 Å². The summed E-state index contributed by atoms with van der Waals surface area (Å²) in [6.07, 6.45) is 8.89. The van der Waals surface area contributed by atoms with E-state index in [1.165, 1.54) is 38.5 Å². The van der Waals surface area contributed by atoms with E-state index in [1.54, 1.807) is 0 Å². The lowest BCUT2D eigenvalue weighted by Crippen LogP contribution is -2.40. The zero-order valence-electron chi connectivity index (χ0n) is 12.7. The molecule has 0 atom stereocenters. The highest BCUT2D eigenvalue weighted by Crippen LogP contribution is 2.16. The molecule has 0 unspecified atom stereocenters. The number of aliphatic imine (C=N–C) groups is 1. The van der Waals surface area contributed by atoms with E-state index in [-0.39, 0.29) is 0 Å². The predicted octanol–water partition coefficient (Wildman–Crippen LogP) is 2.68. The van der Waals surface area contributed by atoms with Crippen LogP contribution in [0.4, 0.5) is 0 Å². The largest absolute Gasteiger partial charge is 0.380 e. The van der Waals surface area contributed by atoms with Crippen molar-refractivity contribution < 1.29 is 4.74 Å². The van der Waals surface area contributed by atoms with E-state index in [4.69, 9.17) is 10.5 Å². The van der Waals surface area contributed by atoms with Crippen molar-refractivity contribution in [3.8, 4) is 0 Å². The van der Waals surface area contributed by atoms with Crippen LogP contribution in [0.15, 0.2) is 4.99 Å². The summed E-state index contributed by atoms with van der Waals surface area (Å²) in [4.78, 5) is 4.32. The Hall–Kier alpha value is -0.770. The number of nitrogens with two attached hydrogens (primary N) is 1. The van der Waals surface area contributed by atoms with Gasteiger partial charge in [-0.05, 0) is 25.2 Å². The molecule has 1 aliphatic carbocycles. The fraction of sp³-hybridized carbons (Fsp3) is 0.933. The normalized spacial score (nSPS) is 18.6. The minimum Gasteiger partial charge on any atom is -0.380 e. The van der Waals surface area contributed by atoms with Crippen molar-refractivity contribution in [1.29, 1.82) is 0 Å². The highest BCUT2D eigenvalue weighted by molar-refractivity contribution is 5.78. The number of rotatable bonds is 7. The van der Waals surface area contributed by atoms with Gasteiger partial charge in [0.05, 0.1) is 13.2 Å². The molecule has 0 amide bonds. The number of hydrogen-bond donors (Lipinski definition) is 2. The second kappa shape index (κ2) is 10.1. The van der Waals surface area contributed by atoms with Gasteiger partial charge >= 0.3 is 0 Å². The van der Waals surface area contributed by atoms with Crippen LogP contribution in [0.3, 0.4) is 0 Å². The highest BCUT2D eigenvalue weighted by Gasteiger charge is 2.11. The Kier molecular flexibility index (Phi) is 8.63. The molecule has 0 aliphatic heterocycles. The first-order valence-corrected chi connectivity index (χ1v) is 7.82. The summed E-state index contributed by atoms with van der Waals surface area (Å²) in [5, 5.41) is 3.34. The third-order valence-corrected chi connectivity index (χ3v) is 3.56. The lowest BCUT2D eigenvalue weighted by atomic mass is 10.1. The molecule has 1 fully saturated rings. The van der Waals surface area contributed by atoms with Crippen LogP contribution < -0.4 is 11.1 Å². The second-order valence-electron chi connectivity index (χ2n) is 5.89. The monoisotopic (exact) mass is 269 g/mol. The summed E-state index contributed by atoms with van der Waals surface area (Å²) in [7, 11) is 0. The zero-order chi connectivity index (χ0) is 13.9. The third-order valence-electron chi connectivity index (χ3n) is 3.56. The Morgan fingerprint density at radius 2 is 1.89 bits per heavy atom. The number of hydrogen-bond acceptors (Lipinski definition) is 2. The molecule has 112 valence electrons. The minimum atomic E-state index is 0.521. The maximum atomic E-state index is 5.90. The Labute approximate surface area is 118 Å². The SMILES string of the molecule is CC(C)CCOCCN=C(N)NC1CCCCCC1. The summed E-state index contributed by atoms with van der Waals surface area (Å²) in [6, 6.07) is 0.521. The van der Waals surface area contributed by atoms with Gasteiger partial charge in [0.15, 0.2) is 5.96 Å². The molecule has 19 heavy (non-hydrogen) atoms. The average Bonchev–Trinajstić information content (AvgIpc) is 2.62. The van der Waals surface area contributed by atoms with Gasteiger partial charge in [-0.15, -0.1) is 0 Å². The first kappa shape index (κ1) is 16.3. The van der Waals surface area contributed by atoms with Crippen molar-refractivity contribution >= 4 is 5.96 Å². The standard InChI is InChI=1S/C15H31N3O/c1-13(2)9-11-19-12-10-17-15(16)18-14-7-5-3-4-6-8-14/h13-14H,3-12H2,1-2H3,(H3,16,17,18). The molecule has 1 rings (SSSR count). The lowest BCUT2D eigenvalue weighted by molar-refractivity contribution is 0.130. The van der Waals surface area contributed by atoms with Gasteiger partial charge in [-0.1, -0.05) is 39.5 Å². The van der Waals surface area contributed by atoms with E-state index in [0.29, 0.717) is 31.1 Å². The molecule has 1 aliphatic rings. The van der Waals surface area contributed by atoms with E-state index in [0.717, 1.165) is 13.0 Å². The topological polar surface area (TPSA) is 59.6 Å². The van der Waals surface area contributed by atoms with Gasteiger partial charge in [0.25, 0.3) is 0 Å². The van der Waals surface area contributed by atoms with E-state index in [2.05, 4.69) is 24.2 Å². The Bertz CT molecular complexity index is 246. The molecule has 4 heteroatoms. The molecule has 0 spiro atoms. The fourth-order valence-electron chi connectivity index (χ4n) is 2.33. The highest BCUT2D eigenvalue weighted by atomic mass is 16.5. The molecule has 3 N–H and O–H groups in total. The fourth-order valence-corrected chi connectivity index (χ4v) is 2.33. The smallest absolute Gasteiger partial charge is 0.188 e. The first-order chi connectivity index (χ1) is 9.18. The number of nitrogens with one attached hydrogen (secondary N) is 1. The molecule has 0 aromatic carbocycles. The van der Waals surface area contributed by atoms with Crippen LogP contribution >= 0.6 is 0 Å². The predicted molar refractivity (Wildman–Crippen MR) is 81.4 cm³/mol. The first-order valence-electron chi connectivity index (χ1n) is 7.82. The maximum absolute atomic E-state index is 5.90. The van der Waals surface area contributed by atoms with Crippen LogP contribution in [0.25, 0.3) is 0 Å². The summed E-state index contributed by atoms with van der Waals surface area (Å²) >= 11 is 0. The van der Waals surface area contributed by atoms with Crippen molar-refractivity contribution in [3.63, 3.8) is 0 Å². The number of guanidine groups is 1. The average molecular weight is 269 g/mol. The van der Waals surface area contributed by atoms with Gasteiger partial charge < -0.3 is 15.8 Å². The van der Waals surface area contributed by atoms with Gasteiger partial charge in [-0.25, -0.2) is 0 Å².